The van der Waals surface area contributed by atoms with Crippen molar-refractivity contribution in [3.05, 3.63) is 0 Å². The van der Waals surface area contributed by atoms with Gasteiger partial charge in [0.2, 0.25) is 5.91 Å². The summed E-state index contributed by atoms with van der Waals surface area (Å²) in [5.41, 5.74) is 5.95. The number of nitrogens with zero attached hydrogens (tertiary/aromatic N) is 1. The molecule has 2 fully saturated rings. The summed E-state index contributed by atoms with van der Waals surface area (Å²) in [6, 6.07) is 0.282. The van der Waals surface area contributed by atoms with Crippen LogP contribution < -0.4 is 5.73 Å². The first-order valence-corrected chi connectivity index (χ1v) is 7.27. The van der Waals surface area contributed by atoms with Crippen LogP contribution in [0.4, 0.5) is 0 Å². The molecule has 1 saturated heterocycles. The second-order valence-electron chi connectivity index (χ2n) is 6.11. The third kappa shape index (κ3) is 3.04. The third-order valence-electron chi connectivity index (χ3n) is 4.71. The van der Waals surface area contributed by atoms with Crippen LogP contribution in [-0.4, -0.2) is 41.7 Å². The molecule has 1 amide bonds. The molecule has 0 radical (unpaired) electrons. The second-order valence-corrected chi connectivity index (χ2v) is 6.11. The average molecular weight is 254 g/mol. The molecule has 4 nitrogen and oxygen atoms in total. The van der Waals surface area contributed by atoms with E-state index in [1.54, 1.807) is 0 Å². The summed E-state index contributed by atoms with van der Waals surface area (Å²) < 4.78 is 0. The van der Waals surface area contributed by atoms with Crippen LogP contribution in [0.15, 0.2) is 0 Å². The normalized spacial score (nSPS) is 34.6. The fourth-order valence-corrected chi connectivity index (χ4v) is 3.38. The van der Waals surface area contributed by atoms with Crippen LogP contribution in [-0.2, 0) is 4.79 Å². The van der Waals surface area contributed by atoms with E-state index < -0.39 is 0 Å². The molecule has 3 N–H and O–H groups in total. The maximum atomic E-state index is 12.5. The zero-order valence-electron chi connectivity index (χ0n) is 11.3. The lowest BCUT2D eigenvalue weighted by molar-refractivity contribution is -0.140. The first kappa shape index (κ1) is 13.8. The number of aliphatic hydroxyl groups excluding tert-OH is 1. The smallest absolute Gasteiger partial charge is 0.225 e. The Hall–Kier alpha value is -0.610. The Bertz CT molecular complexity index is 288. The van der Waals surface area contributed by atoms with Crippen molar-refractivity contribution >= 4 is 5.91 Å². The molecule has 0 aromatic heterocycles. The van der Waals surface area contributed by atoms with Gasteiger partial charge in [0, 0.05) is 31.7 Å². The van der Waals surface area contributed by atoms with Gasteiger partial charge in [-0.25, -0.2) is 0 Å². The maximum absolute atomic E-state index is 12.5. The molecule has 1 heterocycles. The standard InChI is InChI=1S/C14H26N2O2/c1-10-8-12(15)2-3-13(10)14(18)16-6-4-11(9-17)5-7-16/h10-13,17H,2-9,15H2,1H3. The van der Waals surface area contributed by atoms with Gasteiger partial charge in [0.25, 0.3) is 0 Å². The van der Waals surface area contributed by atoms with Crippen LogP contribution in [0.3, 0.4) is 0 Å². The molecule has 0 bridgehead atoms. The fraction of sp³-hybridized carbons (Fsp3) is 0.929. The Labute approximate surface area is 110 Å². The number of hydrogen-bond donors (Lipinski definition) is 2. The molecule has 0 spiro atoms. The zero-order valence-corrected chi connectivity index (χ0v) is 11.3. The number of piperidine rings is 1. The lowest BCUT2D eigenvalue weighted by Crippen LogP contribution is -2.46. The molecule has 0 aromatic carbocycles. The van der Waals surface area contributed by atoms with E-state index in [4.69, 9.17) is 10.8 Å². The number of carbonyl (C=O) groups excluding carboxylic acids is 1. The Morgan fingerprint density at radius 1 is 1.28 bits per heavy atom. The second kappa shape index (κ2) is 6.02. The van der Waals surface area contributed by atoms with E-state index in [0.29, 0.717) is 17.7 Å². The molecule has 3 atom stereocenters. The number of hydrogen-bond acceptors (Lipinski definition) is 3. The minimum Gasteiger partial charge on any atom is -0.396 e. The zero-order chi connectivity index (χ0) is 13.1. The lowest BCUT2D eigenvalue weighted by Gasteiger charge is -2.38. The van der Waals surface area contributed by atoms with Crippen molar-refractivity contribution in [2.24, 2.45) is 23.5 Å². The summed E-state index contributed by atoms with van der Waals surface area (Å²) in [5.74, 6) is 1.31. The van der Waals surface area contributed by atoms with Gasteiger partial charge in [-0.15, -0.1) is 0 Å². The molecular formula is C14H26N2O2. The predicted molar refractivity (Wildman–Crippen MR) is 70.9 cm³/mol. The molecule has 2 rings (SSSR count). The van der Waals surface area contributed by atoms with E-state index in [2.05, 4.69) is 6.92 Å². The quantitative estimate of drug-likeness (QED) is 0.772. The number of nitrogens with two attached hydrogens (primary N) is 1. The topological polar surface area (TPSA) is 66.6 Å². The highest BCUT2D eigenvalue weighted by molar-refractivity contribution is 5.79. The van der Waals surface area contributed by atoms with E-state index >= 15 is 0 Å². The summed E-state index contributed by atoms with van der Waals surface area (Å²) in [6.45, 7) is 4.05. The SMILES string of the molecule is CC1CC(N)CCC1C(=O)N1CCC(CO)CC1. The van der Waals surface area contributed by atoms with Gasteiger partial charge in [0.05, 0.1) is 0 Å². The van der Waals surface area contributed by atoms with Crippen LogP contribution in [0.25, 0.3) is 0 Å². The van der Waals surface area contributed by atoms with Crippen LogP contribution in [0, 0.1) is 17.8 Å². The lowest BCUT2D eigenvalue weighted by atomic mass is 9.77. The Balaban J connectivity index is 1.88. The fourth-order valence-electron chi connectivity index (χ4n) is 3.38. The Morgan fingerprint density at radius 2 is 1.94 bits per heavy atom. The largest absolute Gasteiger partial charge is 0.396 e. The van der Waals surface area contributed by atoms with Crippen molar-refractivity contribution in [1.82, 2.24) is 4.90 Å². The van der Waals surface area contributed by atoms with Crippen LogP contribution in [0.2, 0.25) is 0 Å². The third-order valence-corrected chi connectivity index (χ3v) is 4.71. The summed E-state index contributed by atoms with van der Waals surface area (Å²) in [6.07, 6.45) is 4.80. The number of rotatable bonds is 2. The van der Waals surface area contributed by atoms with Gasteiger partial charge < -0.3 is 15.7 Å². The van der Waals surface area contributed by atoms with Crippen molar-refractivity contribution < 1.29 is 9.90 Å². The molecule has 0 aromatic rings. The van der Waals surface area contributed by atoms with Crippen LogP contribution >= 0.6 is 0 Å². The minimum atomic E-state index is 0.176. The van der Waals surface area contributed by atoms with E-state index in [9.17, 15) is 4.79 Å². The average Bonchev–Trinajstić information content (AvgIpc) is 2.38. The maximum Gasteiger partial charge on any atom is 0.225 e. The van der Waals surface area contributed by atoms with Gasteiger partial charge in [0.1, 0.15) is 0 Å². The number of aliphatic hydroxyl groups is 1. The summed E-state index contributed by atoms with van der Waals surface area (Å²) in [7, 11) is 0. The molecule has 4 heteroatoms. The van der Waals surface area contributed by atoms with E-state index in [1.807, 2.05) is 4.90 Å². The van der Waals surface area contributed by atoms with Crippen molar-refractivity contribution in [1.29, 1.82) is 0 Å². The Kier molecular flexibility index (Phi) is 4.62. The Morgan fingerprint density at radius 3 is 2.50 bits per heavy atom. The predicted octanol–water partition coefficient (Wildman–Crippen LogP) is 0.981. The number of carbonyl (C=O) groups is 1. The highest BCUT2D eigenvalue weighted by Gasteiger charge is 2.34. The molecule has 2 aliphatic rings. The van der Waals surface area contributed by atoms with Crippen molar-refractivity contribution in [3.63, 3.8) is 0 Å². The van der Waals surface area contributed by atoms with E-state index in [0.717, 1.165) is 45.2 Å². The number of likely N-dealkylation sites (tertiary alicyclic amines) is 1. The summed E-state index contributed by atoms with van der Waals surface area (Å²) in [5, 5.41) is 9.12. The van der Waals surface area contributed by atoms with Gasteiger partial charge >= 0.3 is 0 Å². The molecule has 3 unspecified atom stereocenters. The number of amides is 1. The van der Waals surface area contributed by atoms with E-state index in [1.165, 1.54) is 0 Å². The highest BCUT2D eigenvalue weighted by atomic mass is 16.3. The molecule has 1 saturated carbocycles. The summed E-state index contributed by atoms with van der Waals surface area (Å²) >= 11 is 0. The molecule has 18 heavy (non-hydrogen) atoms. The van der Waals surface area contributed by atoms with E-state index in [-0.39, 0.29) is 18.6 Å². The van der Waals surface area contributed by atoms with Crippen LogP contribution in [0.1, 0.15) is 39.0 Å². The first-order valence-electron chi connectivity index (χ1n) is 7.27. The van der Waals surface area contributed by atoms with Crippen LogP contribution in [0.5, 0.6) is 0 Å². The highest BCUT2D eigenvalue weighted by Crippen LogP contribution is 2.31. The molecule has 1 aliphatic carbocycles. The van der Waals surface area contributed by atoms with Gasteiger partial charge in [-0.1, -0.05) is 6.92 Å². The van der Waals surface area contributed by atoms with Gasteiger partial charge in [-0.05, 0) is 43.9 Å². The summed E-state index contributed by atoms with van der Waals surface area (Å²) in [4.78, 5) is 14.5. The molecule has 104 valence electrons. The first-order chi connectivity index (χ1) is 8.61. The van der Waals surface area contributed by atoms with Gasteiger partial charge in [0.15, 0.2) is 0 Å². The van der Waals surface area contributed by atoms with Crippen molar-refractivity contribution in [3.8, 4) is 0 Å². The molecule has 1 aliphatic heterocycles. The van der Waals surface area contributed by atoms with Crippen molar-refractivity contribution in [2.75, 3.05) is 19.7 Å². The monoisotopic (exact) mass is 254 g/mol. The van der Waals surface area contributed by atoms with Gasteiger partial charge in [-0.2, -0.15) is 0 Å². The minimum absolute atomic E-state index is 0.176. The van der Waals surface area contributed by atoms with Gasteiger partial charge in [-0.3, -0.25) is 4.79 Å². The molecular weight excluding hydrogens is 228 g/mol. The van der Waals surface area contributed by atoms with Crippen molar-refractivity contribution in [2.45, 2.75) is 45.1 Å².